The molecule has 0 aromatic heterocycles. The first-order chi connectivity index (χ1) is 10.8. The first-order valence-corrected chi connectivity index (χ1v) is 8.74. The fourth-order valence-electron chi connectivity index (χ4n) is 3.16. The summed E-state index contributed by atoms with van der Waals surface area (Å²) in [7, 11) is 0. The molecule has 0 heterocycles. The van der Waals surface area contributed by atoms with E-state index in [1.54, 1.807) is 0 Å². The Kier molecular flexibility index (Phi) is 7.22. The normalized spacial score (nSPS) is 13.7. The lowest BCUT2D eigenvalue weighted by molar-refractivity contribution is 0.508. The second-order valence-corrected chi connectivity index (χ2v) is 6.29. The van der Waals surface area contributed by atoms with Gasteiger partial charge in [-0.3, -0.25) is 0 Å². The Morgan fingerprint density at radius 3 is 1.86 bits per heavy atom. The van der Waals surface area contributed by atoms with Crippen molar-refractivity contribution in [3.8, 4) is 0 Å². The lowest BCUT2D eigenvalue weighted by Gasteiger charge is -2.18. The van der Waals surface area contributed by atoms with Crippen molar-refractivity contribution in [1.29, 1.82) is 0 Å². The van der Waals surface area contributed by atoms with Crippen LogP contribution in [0.3, 0.4) is 0 Å². The summed E-state index contributed by atoms with van der Waals surface area (Å²) >= 11 is 0. The van der Waals surface area contributed by atoms with E-state index in [4.69, 9.17) is 0 Å². The van der Waals surface area contributed by atoms with Crippen LogP contribution in [0.25, 0.3) is 0 Å². The maximum absolute atomic E-state index is 4.34. The van der Waals surface area contributed by atoms with Crippen LogP contribution in [0, 0.1) is 6.92 Å². The summed E-state index contributed by atoms with van der Waals surface area (Å²) < 4.78 is 0. The second kappa shape index (κ2) is 9.46. The van der Waals surface area contributed by atoms with E-state index in [2.05, 4.69) is 74.5 Å². The van der Waals surface area contributed by atoms with Crippen LogP contribution in [0.15, 0.2) is 60.7 Å². The summed E-state index contributed by atoms with van der Waals surface area (Å²) in [6.45, 7) is 6.62. The van der Waals surface area contributed by atoms with Crippen molar-refractivity contribution in [1.82, 2.24) is 0 Å². The largest absolute Gasteiger partial charge is 0.0654 e. The molecule has 0 aliphatic heterocycles. The van der Waals surface area contributed by atoms with E-state index in [1.807, 2.05) is 0 Å². The summed E-state index contributed by atoms with van der Waals surface area (Å²) in [5, 5.41) is 0. The third-order valence-electron chi connectivity index (χ3n) is 4.55. The molecule has 117 valence electrons. The minimum absolute atomic E-state index is 0.420. The van der Waals surface area contributed by atoms with Crippen molar-refractivity contribution in [2.45, 2.75) is 57.3 Å². The van der Waals surface area contributed by atoms with Crippen molar-refractivity contribution in [3.63, 3.8) is 0 Å². The van der Waals surface area contributed by atoms with Crippen LogP contribution in [0.1, 0.15) is 68.4 Å². The van der Waals surface area contributed by atoms with Crippen LogP contribution < -0.4 is 0 Å². The third-order valence-corrected chi connectivity index (χ3v) is 4.55. The highest BCUT2D eigenvalue weighted by Gasteiger charge is 2.12. The highest BCUT2D eigenvalue weighted by Crippen LogP contribution is 2.29. The molecule has 22 heavy (non-hydrogen) atoms. The molecule has 2 atom stereocenters. The van der Waals surface area contributed by atoms with E-state index in [9.17, 15) is 0 Å². The van der Waals surface area contributed by atoms with Gasteiger partial charge < -0.3 is 0 Å². The zero-order valence-electron chi connectivity index (χ0n) is 13.9. The fourth-order valence-corrected chi connectivity index (χ4v) is 3.16. The first kappa shape index (κ1) is 16.8. The van der Waals surface area contributed by atoms with Gasteiger partial charge in [0.05, 0.1) is 0 Å². The highest BCUT2D eigenvalue weighted by molar-refractivity contribution is 5.21. The summed E-state index contributed by atoms with van der Waals surface area (Å²) in [6, 6.07) is 21.7. The van der Waals surface area contributed by atoms with Gasteiger partial charge in [-0.25, -0.2) is 0 Å². The van der Waals surface area contributed by atoms with Gasteiger partial charge in [-0.05, 0) is 49.1 Å². The molecule has 0 aliphatic carbocycles. The Morgan fingerprint density at radius 2 is 1.27 bits per heavy atom. The first-order valence-electron chi connectivity index (χ1n) is 8.74. The Labute approximate surface area is 136 Å². The highest BCUT2D eigenvalue weighted by atomic mass is 14.2. The molecule has 0 N–H and O–H groups in total. The molecule has 0 saturated heterocycles. The molecular formula is C22H29. The van der Waals surface area contributed by atoms with Crippen molar-refractivity contribution in [2.75, 3.05) is 0 Å². The average molecular weight is 293 g/mol. The molecule has 2 aromatic rings. The minimum atomic E-state index is 0.420. The van der Waals surface area contributed by atoms with Crippen LogP contribution in [-0.4, -0.2) is 0 Å². The Balaban J connectivity index is 1.86. The van der Waals surface area contributed by atoms with Crippen LogP contribution in [0.2, 0.25) is 0 Å². The molecule has 2 rings (SSSR count). The molecule has 2 unspecified atom stereocenters. The number of unbranched alkanes of at least 4 members (excludes halogenated alkanes) is 1. The van der Waals surface area contributed by atoms with Gasteiger partial charge in [0.1, 0.15) is 0 Å². The van der Waals surface area contributed by atoms with Crippen LogP contribution >= 0.6 is 0 Å². The maximum atomic E-state index is 4.34. The van der Waals surface area contributed by atoms with Crippen LogP contribution in [0.5, 0.6) is 0 Å². The SMILES string of the molecule is [CH2]C(CCCC(CCCC)c1ccccc1)c1ccccc1. The van der Waals surface area contributed by atoms with Crippen molar-refractivity contribution in [3.05, 3.63) is 78.7 Å². The lowest BCUT2D eigenvalue weighted by Crippen LogP contribution is -2.01. The van der Waals surface area contributed by atoms with Crippen LogP contribution in [0.4, 0.5) is 0 Å². The van der Waals surface area contributed by atoms with Gasteiger partial charge in [0, 0.05) is 0 Å². The molecule has 0 nitrogen and oxygen atoms in total. The Bertz CT molecular complexity index is 500. The second-order valence-electron chi connectivity index (χ2n) is 6.29. The number of hydrogen-bond donors (Lipinski definition) is 0. The van der Waals surface area contributed by atoms with Gasteiger partial charge in [-0.1, -0.05) is 86.8 Å². The van der Waals surface area contributed by atoms with E-state index in [-0.39, 0.29) is 0 Å². The van der Waals surface area contributed by atoms with Crippen molar-refractivity contribution < 1.29 is 0 Å². The predicted molar refractivity (Wildman–Crippen MR) is 97.1 cm³/mol. The molecule has 0 heteroatoms. The number of benzene rings is 2. The summed E-state index contributed by atoms with van der Waals surface area (Å²) in [4.78, 5) is 0. The minimum Gasteiger partial charge on any atom is -0.0654 e. The quantitative estimate of drug-likeness (QED) is 0.479. The molecule has 0 amide bonds. The van der Waals surface area contributed by atoms with Gasteiger partial charge in [0.25, 0.3) is 0 Å². The molecule has 2 aromatic carbocycles. The molecule has 0 spiro atoms. The summed E-state index contributed by atoms with van der Waals surface area (Å²) in [5.74, 6) is 1.13. The van der Waals surface area contributed by atoms with E-state index in [0.29, 0.717) is 11.8 Å². The van der Waals surface area contributed by atoms with Gasteiger partial charge in [-0.2, -0.15) is 0 Å². The zero-order chi connectivity index (χ0) is 15.6. The predicted octanol–water partition coefficient (Wildman–Crippen LogP) is 6.75. The van der Waals surface area contributed by atoms with Crippen LogP contribution in [-0.2, 0) is 0 Å². The fraction of sp³-hybridized carbons (Fsp3) is 0.409. The lowest BCUT2D eigenvalue weighted by atomic mass is 9.87. The zero-order valence-corrected chi connectivity index (χ0v) is 13.9. The Hall–Kier alpha value is -1.56. The topological polar surface area (TPSA) is 0 Å². The van der Waals surface area contributed by atoms with Gasteiger partial charge in [-0.15, -0.1) is 0 Å². The molecule has 0 bridgehead atoms. The third kappa shape index (κ3) is 5.33. The van der Waals surface area contributed by atoms with E-state index >= 15 is 0 Å². The summed E-state index contributed by atoms with van der Waals surface area (Å²) in [5.41, 5.74) is 2.88. The van der Waals surface area contributed by atoms with E-state index in [0.717, 1.165) is 0 Å². The van der Waals surface area contributed by atoms with Gasteiger partial charge in [0.15, 0.2) is 0 Å². The standard InChI is InChI=1S/C22H29/c1-3-4-13-21(22-16-9-6-10-17-22)18-11-12-19(2)20-14-7-5-8-15-20/h5-10,14-17,19,21H,2-4,11-13,18H2,1H3. The van der Waals surface area contributed by atoms with E-state index < -0.39 is 0 Å². The van der Waals surface area contributed by atoms with Crippen molar-refractivity contribution >= 4 is 0 Å². The molecule has 0 aliphatic rings. The molecule has 0 saturated carbocycles. The average Bonchev–Trinajstić information content (AvgIpc) is 2.59. The smallest absolute Gasteiger partial charge is 0.0162 e. The monoisotopic (exact) mass is 293 g/mol. The summed E-state index contributed by atoms with van der Waals surface area (Å²) in [6.07, 6.45) is 7.64. The van der Waals surface area contributed by atoms with Gasteiger partial charge in [0.2, 0.25) is 0 Å². The Morgan fingerprint density at radius 1 is 0.727 bits per heavy atom. The molecule has 1 radical (unpaired) electrons. The molecular weight excluding hydrogens is 264 g/mol. The molecule has 0 fully saturated rings. The van der Waals surface area contributed by atoms with Gasteiger partial charge >= 0.3 is 0 Å². The maximum Gasteiger partial charge on any atom is -0.0162 e. The van der Waals surface area contributed by atoms with Crippen molar-refractivity contribution in [2.24, 2.45) is 0 Å². The number of hydrogen-bond acceptors (Lipinski definition) is 0. The van der Waals surface area contributed by atoms with E-state index in [1.165, 1.54) is 49.7 Å². The number of rotatable bonds is 9.